The Hall–Kier alpha value is -2.16. The second-order valence-electron chi connectivity index (χ2n) is 5.24. The molecule has 118 valence electrons. The maximum absolute atomic E-state index is 9.56. The van der Waals surface area contributed by atoms with E-state index in [2.05, 4.69) is 23.2 Å². The van der Waals surface area contributed by atoms with Crippen molar-refractivity contribution in [3.05, 3.63) is 56.5 Å². The number of nitriles is 1. The molecule has 2 aromatic rings. The predicted molar refractivity (Wildman–Crippen MR) is 88.3 cm³/mol. The highest BCUT2D eigenvalue weighted by Crippen LogP contribution is 2.46. The third-order valence-corrected chi connectivity index (χ3v) is 4.64. The summed E-state index contributed by atoms with van der Waals surface area (Å²) in [6.07, 6.45) is 1.70. The minimum absolute atomic E-state index is 0.0376. The first-order valence-electron chi connectivity index (χ1n) is 7.17. The molecule has 2 heterocycles. The van der Waals surface area contributed by atoms with Crippen LogP contribution in [0.4, 0.5) is 0 Å². The molecule has 1 aliphatic rings. The van der Waals surface area contributed by atoms with Crippen LogP contribution in [0.25, 0.3) is 0 Å². The largest absolute Gasteiger partial charge is 0.420 e. The molecule has 0 fully saturated rings. The number of allylic oxidation sites excluding steroid dienone is 1. The molecule has 1 aromatic carbocycles. The van der Waals surface area contributed by atoms with E-state index in [1.165, 1.54) is 0 Å². The van der Waals surface area contributed by atoms with E-state index < -0.39 is 5.92 Å². The molecule has 0 amide bonds. The van der Waals surface area contributed by atoms with Crippen LogP contribution in [0.3, 0.4) is 0 Å². The molecule has 0 spiro atoms. The Morgan fingerprint density at radius 2 is 2.22 bits per heavy atom. The van der Waals surface area contributed by atoms with Gasteiger partial charge in [-0.1, -0.05) is 48.7 Å². The van der Waals surface area contributed by atoms with Gasteiger partial charge in [0.25, 0.3) is 0 Å². The summed E-state index contributed by atoms with van der Waals surface area (Å²) in [5.41, 5.74) is 8.62. The standard InChI is InChI=1S/C16H14Cl2N4O/c1-2-4-11-13-12(8-5-3-6-10(17)14(8)18)9(7-19)15(20)23-16(13)22-21-11/h3,5-6,12H,2,4,20H2,1H3,(H,21,22)/t12-/m1/s1. The van der Waals surface area contributed by atoms with Crippen LogP contribution in [0.5, 0.6) is 5.88 Å². The van der Waals surface area contributed by atoms with E-state index in [1.807, 2.05) is 6.07 Å². The molecule has 0 aliphatic carbocycles. The maximum atomic E-state index is 9.56. The van der Waals surface area contributed by atoms with Crippen molar-refractivity contribution < 1.29 is 4.74 Å². The molecule has 7 heteroatoms. The molecular formula is C16H14Cl2N4O. The van der Waals surface area contributed by atoms with Gasteiger partial charge in [0.2, 0.25) is 11.8 Å². The van der Waals surface area contributed by atoms with Crippen LogP contribution < -0.4 is 10.5 Å². The number of ether oxygens (including phenoxy) is 1. The molecule has 3 rings (SSSR count). The van der Waals surface area contributed by atoms with Crippen molar-refractivity contribution in [2.24, 2.45) is 5.73 Å². The Kier molecular flexibility index (Phi) is 4.20. The first-order chi connectivity index (χ1) is 11.1. The molecule has 1 atom stereocenters. The van der Waals surface area contributed by atoms with Crippen LogP contribution >= 0.6 is 23.2 Å². The molecule has 3 N–H and O–H groups in total. The number of nitrogens with zero attached hydrogens (tertiary/aromatic N) is 2. The van der Waals surface area contributed by atoms with E-state index in [0.717, 1.165) is 24.1 Å². The zero-order valence-electron chi connectivity index (χ0n) is 12.4. The average molecular weight is 349 g/mol. The fraction of sp³-hybridized carbons (Fsp3) is 0.250. The lowest BCUT2D eigenvalue weighted by molar-refractivity contribution is 0.378. The van der Waals surface area contributed by atoms with Crippen LogP contribution in [0, 0.1) is 11.3 Å². The number of aromatic amines is 1. The number of halogens is 2. The Morgan fingerprint density at radius 3 is 2.91 bits per heavy atom. The zero-order valence-corrected chi connectivity index (χ0v) is 13.9. The highest BCUT2D eigenvalue weighted by molar-refractivity contribution is 6.42. The number of fused-ring (bicyclic) bond motifs is 1. The van der Waals surface area contributed by atoms with Crippen LogP contribution in [0.15, 0.2) is 29.7 Å². The molecule has 0 unspecified atom stereocenters. The van der Waals surface area contributed by atoms with Gasteiger partial charge >= 0.3 is 0 Å². The van der Waals surface area contributed by atoms with Crippen molar-refractivity contribution in [2.75, 3.05) is 0 Å². The summed E-state index contributed by atoms with van der Waals surface area (Å²) in [6, 6.07) is 7.47. The average Bonchev–Trinajstić information content (AvgIpc) is 2.92. The Labute approximate surface area is 143 Å². The summed E-state index contributed by atoms with van der Waals surface area (Å²) in [7, 11) is 0. The van der Waals surface area contributed by atoms with Gasteiger partial charge in [0.1, 0.15) is 11.6 Å². The van der Waals surface area contributed by atoms with Crippen LogP contribution in [-0.2, 0) is 6.42 Å². The molecule has 0 saturated carbocycles. The van der Waals surface area contributed by atoms with Gasteiger partial charge in [0.15, 0.2) is 0 Å². The molecule has 0 radical (unpaired) electrons. The summed E-state index contributed by atoms with van der Waals surface area (Å²) >= 11 is 12.5. The molecule has 0 saturated heterocycles. The monoisotopic (exact) mass is 348 g/mol. The van der Waals surface area contributed by atoms with E-state index in [4.69, 9.17) is 33.7 Å². The van der Waals surface area contributed by atoms with Crippen molar-refractivity contribution >= 4 is 23.2 Å². The lowest BCUT2D eigenvalue weighted by atomic mass is 9.83. The van der Waals surface area contributed by atoms with Crippen molar-refractivity contribution in [3.63, 3.8) is 0 Å². The Morgan fingerprint density at radius 1 is 1.43 bits per heavy atom. The molecule has 0 bridgehead atoms. The number of nitrogens with two attached hydrogens (primary N) is 1. The Bertz CT molecular complexity index is 835. The van der Waals surface area contributed by atoms with Crippen LogP contribution in [-0.4, -0.2) is 10.2 Å². The SMILES string of the molecule is CCCc1[nH]nc2c1[C@H](c1cccc(Cl)c1Cl)C(C#N)=C(N)O2. The first kappa shape index (κ1) is 15.7. The predicted octanol–water partition coefficient (Wildman–Crippen LogP) is 3.89. The summed E-state index contributed by atoms with van der Waals surface area (Å²) in [6.45, 7) is 2.06. The van der Waals surface area contributed by atoms with Gasteiger partial charge < -0.3 is 10.5 Å². The third-order valence-electron chi connectivity index (χ3n) is 3.81. The maximum Gasteiger partial charge on any atom is 0.244 e. The number of H-pyrrole nitrogens is 1. The lowest BCUT2D eigenvalue weighted by Crippen LogP contribution is -2.21. The van der Waals surface area contributed by atoms with Crippen molar-refractivity contribution in [1.29, 1.82) is 5.26 Å². The second-order valence-corrected chi connectivity index (χ2v) is 6.02. The van der Waals surface area contributed by atoms with E-state index in [0.29, 0.717) is 27.1 Å². The number of aryl methyl sites for hydroxylation is 1. The van der Waals surface area contributed by atoms with Gasteiger partial charge in [-0.15, -0.1) is 5.10 Å². The van der Waals surface area contributed by atoms with Gasteiger partial charge in [-0.3, -0.25) is 5.10 Å². The van der Waals surface area contributed by atoms with E-state index >= 15 is 0 Å². The Balaban J connectivity index is 2.26. The van der Waals surface area contributed by atoms with Gasteiger partial charge in [-0.25, -0.2) is 0 Å². The molecular weight excluding hydrogens is 335 g/mol. The topological polar surface area (TPSA) is 87.7 Å². The van der Waals surface area contributed by atoms with Gasteiger partial charge in [0, 0.05) is 5.69 Å². The van der Waals surface area contributed by atoms with Crippen LogP contribution in [0.1, 0.15) is 36.1 Å². The number of rotatable bonds is 3. The van der Waals surface area contributed by atoms with Gasteiger partial charge in [0.05, 0.1) is 21.5 Å². The summed E-state index contributed by atoms with van der Waals surface area (Å²) in [5.74, 6) is -0.0307. The van der Waals surface area contributed by atoms with Gasteiger partial charge in [-0.05, 0) is 18.1 Å². The number of benzene rings is 1. The zero-order chi connectivity index (χ0) is 16.6. The lowest BCUT2D eigenvalue weighted by Gasteiger charge is -2.25. The fourth-order valence-electron chi connectivity index (χ4n) is 2.80. The van der Waals surface area contributed by atoms with Gasteiger partial charge in [-0.2, -0.15) is 5.26 Å². The number of aromatic nitrogens is 2. The smallest absolute Gasteiger partial charge is 0.244 e. The molecule has 5 nitrogen and oxygen atoms in total. The molecule has 23 heavy (non-hydrogen) atoms. The van der Waals surface area contributed by atoms with Crippen molar-refractivity contribution in [1.82, 2.24) is 10.2 Å². The third kappa shape index (κ3) is 2.54. The number of nitrogens with one attached hydrogen (secondary N) is 1. The highest BCUT2D eigenvalue weighted by Gasteiger charge is 2.36. The van der Waals surface area contributed by atoms with Crippen molar-refractivity contribution in [3.8, 4) is 11.9 Å². The number of hydrogen-bond acceptors (Lipinski definition) is 4. The highest BCUT2D eigenvalue weighted by atomic mass is 35.5. The summed E-state index contributed by atoms with van der Waals surface area (Å²) in [4.78, 5) is 0. The second kappa shape index (κ2) is 6.15. The summed E-state index contributed by atoms with van der Waals surface area (Å²) < 4.78 is 5.50. The van der Waals surface area contributed by atoms with E-state index in [9.17, 15) is 5.26 Å². The molecule has 1 aliphatic heterocycles. The number of hydrogen-bond donors (Lipinski definition) is 2. The summed E-state index contributed by atoms with van der Waals surface area (Å²) in [5, 5.41) is 17.5. The minimum atomic E-state index is -0.449. The van der Waals surface area contributed by atoms with Crippen LogP contribution in [0.2, 0.25) is 10.0 Å². The molecule has 1 aromatic heterocycles. The quantitative estimate of drug-likeness (QED) is 0.880. The van der Waals surface area contributed by atoms with E-state index in [1.54, 1.807) is 12.1 Å². The fourth-order valence-corrected chi connectivity index (χ4v) is 3.22. The minimum Gasteiger partial charge on any atom is -0.420 e. The van der Waals surface area contributed by atoms with E-state index in [-0.39, 0.29) is 5.88 Å². The van der Waals surface area contributed by atoms with Crippen molar-refractivity contribution in [2.45, 2.75) is 25.7 Å². The first-order valence-corrected chi connectivity index (χ1v) is 7.92. The normalized spacial score (nSPS) is 16.7.